The molecule has 23 heavy (non-hydrogen) atoms. The molecule has 2 aromatic rings. The van der Waals surface area contributed by atoms with E-state index in [-0.39, 0.29) is 16.7 Å². The molecular weight excluding hydrogens is 335 g/mol. The summed E-state index contributed by atoms with van der Waals surface area (Å²) in [5, 5.41) is 14.2. The molecule has 0 bridgehead atoms. The number of amides is 1. The quantitative estimate of drug-likeness (QED) is 0.845. The zero-order valence-electron chi connectivity index (χ0n) is 12.5. The molecule has 0 saturated heterocycles. The van der Waals surface area contributed by atoms with Crippen molar-refractivity contribution in [2.45, 2.75) is 19.5 Å². The van der Waals surface area contributed by atoms with Crippen molar-refractivity contribution in [3.63, 3.8) is 0 Å². The molecule has 3 rings (SSSR count). The lowest BCUT2D eigenvalue weighted by Gasteiger charge is -2.38. The minimum Gasteiger partial charge on any atom is -0.506 e. The van der Waals surface area contributed by atoms with Crippen LogP contribution in [0.2, 0.25) is 10.0 Å². The van der Waals surface area contributed by atoms with Gasteiger partial charge in [0.05, 0.1) is 10.6 Å². The van der Waals surface area contributed by atoms with E-state index in [9.17, 15) is 9.90 Å². The molecule has 1 aliphatic rings. The van der Waals surface area contributed by atoms with Crippen molar-refractivity contribution in [2.75, 3.05) is 11.9 Å². The molecule has 0 fully saturated rings. The smallest absolute Gasteiger partial charge is 0.257 e. The number of nitrogens with one attached hydrogen (secondary N) is 1. The van der Waals surface area contributed by atoms with Gasteiger partial charge in [0.1, 0.15) is 11.9 Å². The molecule has 1 amide bonds. The van der Waals surface area contributed by atoms with E-state index >= 15 is 0 Å². The summed E-state index contributed by atoms with van der Waals surface area (Å²) in [4.78, 5) is 14.5. The van der Waals surface area contributed by atoms with Crippen LogP contribution in [0.5, 0.6) is 5.75 Å². The van der Waals surface area contributed by atoms with Crippen LogP contribution in [-0.2, 0) is 0 Å². The highest BCUT2D eigenvalue weighted by Gasteiger charge is 2.34. The molecule has 4 nitrogen and oxygen atoms in total. The lowest BCUT2D eigenvalue weighted by molar-refractivity contribution is 0.0681. The van der Waals surface area contributed by atoms with Crippen LogP contribution in [-0.4, -0.2) is 22.5 Å². The first-order chi connectivity index (χ1) is 11.0. The monoisotopic (exact) mass is 350 g/mol. The third-order valence-electron chi connectivity index (χ3n) is 3.84. The number of rotatable bonds is 3. The standard InChI is InChI=1S/C17H16Cl2N2O2/c1-2-7-21-16(12-8-10(18)9-13(19)15(12)22)20-14-6-4-3-5-11(14)17(21)23/h3-6,8-9,16,20,22H,2,7H2,1H3/t16-/m1/s1. The number of hydrogen-bond donors (Lipinski definition) is 2. The molecule has 0 saturated carbocycles. The van der Waals surface area contributed by atoms with Crippen LogP contribution in [0.4, 0.5) is 5.69 Å². The van der Waals surface area contributed by atoms with E-state index < -0.39 is 6.17 Å². The fraction of sp³-hybridized carbons (Fsp3) is 0.235. The average Bonchev–Trinajstić information content (AvgIpc) is 2.53. The van der Waals surface area contributed by atoms with Gasteiger partial charge in [0.25, 0.3) is 5.91 Å². The van der Waals surface area contributed by atoms with E-state index in [1.807, 2.05) is 25.1 Å². The number of anilines is 1. The molecule has 0 spiro atoms. The number of para-hydroxylation sites is 1. The van der Waals surface area contributed by atoms with E-state index in [4.69, 9.17) is 23.2 Å². The number of aromatic hydroxyl groups is 1. The van der Waals surface area contributed by atoms with Crippen molar-refractivity contribution in [3.05, 3.63) is 57.6 Å². The Kier molecular flexibility index (Phi) is 4.37. The van der Waals surface area contributed by atoms with E-state index in [1.165, 1.54) is 6.07 Å². The maximum absolute atomic E-state index is 12.8. The van der Waals surface area contributed by atoms with Gasteiger partial charge in [0.2, 0.25) is 0 Å². The van der Waals surface area contributed by atoms with Crippen LogP contribution in [0.3, 0.4) is 0 Å². The van der Waals surface area contributed by atoms with Gasteiger partial charge in [0.15, 0.2) is 0 Å². The largest absolute Gasteiger partial charge is 0.506 e. The zero-order chi connectivity index (χ0) is 16.6. The van der Waals surface area contributed by atoms with Crippen LogP contribution in [0.15, 0.2) is 36.4 Å². The first kappa shape index (κ1) is 16.0. The minimum absolute atomic E-state index is 0.0677. The van der Waals surface area contributed by atoms with Crippen LogP contribution in [0.1, 0.15) is 35.4 Å². The molecule has 1 aliphatic heterocycles. The number of phenolic OH excluding ortho intramolecular Hbond substituents is 1. The number of benzene rings is 2. The second-order valence-electron chi connectivity index (χ2n) is 5.42. The second kappa shape index (κ2) is 6.30. The van der Waals surface area contributed by atoms with Gasteiger partial charge in [-0.25, -0.2) is 0 Å². The first-order valence-electron chi connectivity index (χ1n) is 7.37. The Morgan fingerprint density at radius 2 is 2.00 bits per heavy atom. The van der Waals surface area contributed by atoms with Gasteiger partial charge >= 0.3 is 0 Å². The highest BCUT2D eigenvalue weighted by Crippen LogP contribution is 2.40. The van der Waals surface area contributed by atoms with Crippen LogP contribution in [0.25, 0.3) is 0 Å². The number of carbonyl (C=O) groups is 1. The number of fused-ring (bicyclic) bond motifs is 1. The molecule has 1 heterocycles. The second-order valence-corrected chi connectivity index (χ2v) is 6.26. The normalized spacial score (nSPS) is 16.9. The molecular formula is C17H16Cl2N2O2. The third kappa shape index (κ3) is 2.84. The van der Waals surface area contributed by atoms with Crippen molar-refractivity contribution in [3.8, 4) is 5.75 Å². The number of nitrogens with zero attached hydrogens (tertiary/aromatic N) is 1. The summed E-state index contributed by atoms with van der Waals surface area (Å²) in [5.74, 6) is -0.149. The van der Waals surface area contributed by atoms with E-state index in [1.54, 1.807) is 17.0 Å². The summed E-state index contributed by atoms with van der Waals surface area (Å²) in [6, 6.07) is 10.4. The predicted molar refractivity (Wildman–Crippen MR) is 92.3 cm³/mol. The summed E-state index contributed by atoms with van der Waals surface area (Å²) < 4.78 is 0. The fourth-order valence-corrected chi connectivity index (χ4v) is 3.31. The van der Waals surface area contributed by atoms with Crippen molar-refractivity contribution in [1.29, 1.82) is 0 Å². The van der Waals surface area contributed by atoms with Gasteiger partial charge in [-0.3, -0.25) is 4.79 Å². The van der Waals surface area contributed by atoms with Gasteiger partial charge < -0.3 is 15.3 Å². The molecule has 0 aliphatic carbocycles. The van der Waals surface area contributed by atoms with E-state index in [0.29, 0.717) is 22.7 Å². The van der Waals surface area contributed by atoms with Gasteiger partial charge in [-0.2, -0.15) is 0 Å². The molecule has 0 aromatic heterocycles. The van der Waals surface area contributed by atoms with Gasteiger partial charge in [0, 0.05) is 22.8 Å². The first-order valence-corrected chi connectivity index (χ1v) is 8.13. The fourth-order valence-electron chi connectivity index (χ4n) is 2.80. The highest BCUT2D eigenvalue weighted by atomic mass is 35.5. The summed E-state index contributed by atoms with van der Waals surface area (Å²) in [6.07, 6.45) is 0.273. The lowest BCUT2D eigenvalue weighted by atomic mass is 10.0. The zero-order valence-corrected chi connectivity index (χ0v) is 14.0. The molecule has 2 N–H and O–H groups in total. The average molecular weight is 351 g/mol. The summed E-state index contributed by atoms with van der Waals surface area (Å²) in [7, 11) is 0. The maximum atomic E-state index is 12.8. The predicted octanol–water partition coefficient (Wildman–Crippen LogP) is 4.68. The van der Waals surface area contributed by atoms with Crippen LogP contribution < -0.4 is 5.32 Å². The highest BCUT2D eigenvalue weighted by molar-refractivity contribution is 6.35. The molecule has 120 valence electrons. The Labute approximate surface area is 144 Å². The van der Waals surface area contributed by atoms with Crippen molar-refractivity contribution in [1.82, 2.24) is 4.90 Å². The number of phenols is 1. The summed E-state index contributed by atoms with van der Waals surface area (Å²) in [5.41, 5.74) is 1.83. The SMILES string of the molecule is CCCN1C(=O)c2ccccc2N[C@H]1c1cc(Cl)cc(Cl)c1O. The number of halogens is 2. The van der Waals surface area contributed by atoms with E-state index in [2.05, 4.69) is 5.32 Å². The Hall–Kier alpha value is -1.91. The minimum atomic E-state index is -0.520. The van der Waals surface area contributed by atoms with E-state index in [0.717, 1.165) is 12.1 Å². The molecule has 1 atom stereocenters. The van der Waals surface area contributed by atoms with Crippen LogP contribution in [0, 0.1) is 0 Å². The summed E-state index contributed by atoms with van der Waals surface area (Å²) >= 11 is 12.1. The maximum Gasteiger partial charge on any atom is 0.257 e. The molecule has 2 aromatic carbocycles. The topological polar surface area (TPSA) is 52.6 Å². The molecule has 0 radical (unpaired) electrons. The summed E-state index contributed by atoms with van der Waals surface area (Å²) in [6.45, 7) is 2.55. The number of carbonyl (C=O) groups excluding carboxylic acids is 1. The lowest BCUT2D eigenvalue weighted by Crippen LogP contribution is -2.43. The van der Waals surface area contributed by atoms with Gasteiger partial charge in [-0.15, -0.1) is 0 Å². The van der Waals surface area contributed by atoms with Crippen molar-refractivity contribution >= 4 is 34.8 Å². The molecule has 6 heteroatoms. The molecule has 0 unspecified atom stereocenters. The Morgan fingerprint density at radius 3 is 2.74 bits per heavy atom. The van der Waals surface area contributed by atoms with Crippen molar-refractivity contribution < 1.29 is 9.90 Å². The van der Waals surface area contributed by atoms with Crippen LogP contribution >= 0.6 is 23.2 Å². The van der Waals surface area contributed by atoms with Crippen molar-refractivity contribution in [2.24, 2.45) is 0 Å². The van der Waals surface area contributed by atoms with Gasteiger partial charge in [-0.1, -0.05) is 42.3 Å². The Morgan fingerprint density at radius 1 is 1.26 bits per heavy atom. The third-order valence-corrected chi connectivity index (χ3v) is 4.35. The number of hydrogen-bond acceptors (Lipinski definition) is 3. The Bertz CT molecular complexity index is 764. The Balaban J connectivity index is 2.12. The van der Waals surface area contributed by atoms with Gasteiger partial charge in [-0.05, 0) is 30.7 Å².